The number of hydrogen-bond donors (Lipinski definition) is 0. The fraction of sp³-hybridized carbons (Fsp3) is 0.632. The van der Waals surface area contributed by atoms with Gasteiger partial charge in [-0.05, 0) is 56.4 Å². The van der Waals surface area contributed by atoms with Gasteiger partial charge in [-0.3, -0.25) is 14.2 Å². The molecule has 0 amide bonds. The molecule has 0 N–H and O–H groups in total. The predicted octanol–water partition coefficient (Wildman–Crippen LogP) is 3.46. The molecular formula is C19H24N2O3S. The topological polar surface area (TPSA) is 61.2 Å². The molecule has 5 nitrogen and oxygen atoms in total. The second-order valence-corrected chi connectivity index (χ2v) is 8.54. The number of esters is 1. The van der Waals surface area contributed by atoms with Crippen LogP contribution >= 0.6 is 11.3 Å². The second kappa shape index (κ2) is 6.90. The number of aromatic nitrogens is 2. The normalized spacial score (nSPS) is 23.4. The minimum Gasteiger partial charge on any atom is -0.461 e. The first-order valence-electron chi connectivity index (χ1n) is 9.31. The Morgan fingerprint density at radius 1 is 1.32 bits per heavy atom. The van der Waals surface area contributed by atoms with Crippen molar-refractivity contribution < 1.29 is 9.53 Å². The van der Waals surface area contributed by atoms with Gasteiger partial charge in [0.1, 0.15) is 17.5 Å². The van der Waals surface area contributed by atoms with Crippen LogP contribution < -0.4 is 5.56 Å². The molecule has 6 heteroatoms. The molecule has 2 aliphatic rings. The molecule has 0 radical (unpaired) electrons. The quantitative estimate of drug-likeness (QED) is 0.787. The van der Waals surface area contributed by atoms with E-state index < -0.39 is 0 Å². The Hall–Kier alpha value is -1.69. The summed E-state index contributed by atoms with van der Waals surface area (Å²) in [6, 6.07) is 0. The minimum atomic E-state index is -0.327. The lowest BCUT2D eigenvalue weighted by atomic mass is 9.89. The average molecular weight is 360 g/mol. The lowest BCUT2D eigenvalue weighted by Gasteiger charge is -2.26. The number of carbonyl (C=O) groups is 1. The van der Waals surface area contributed by atoms with Gasteiger partial charge in [-0.25, -0.2) is 4.98 Å². The molecule has 134 valence electrons. The number of fused-ring (bicyclic) bond motifs is 3. The van der Waals surface area contributed by atoms with E-state index >= 15 is 0 Å². The third-order valence-corrected chi connectivity index (χ3v) is 6.63. The summed E-state index contributed by atoms with van der Waals surface area (Å²) < 4.78 is 7.02. The SMILES string of the molecule is CC1CCCC(OC(=O)Cn2cnc3sc4c(c3c2=O)CCCC4)C1. The van der Waals surface area contributed by atoms with Gasteiger partial charge in [-0.2, -0.15) is 0 Å². The van der Waals surface area contributed by atoms with Crippen molar-refractivity contribution in [3.05, 3.63) is 27.1 Å². The van der Waals surface area contributed by atoms with Crippen molar-refractivity contribution >= 4 is 27.5 Å². The van der Waals surface area contributed by atoms with E-state index in [0.717, 1.165) is 54.3 Å². The van der Waals surface area contributed by atoms with E-state index in [1.165, 1.54) is 28.6 Å². The fourth-order valence-electron chi connectivity index (χ4n) is 4.14. The Balaban J connectivity index is 1.54. The molecule has 2 aliphatic carbocycles. The molecule has 0 spiro atoms. The zero-order chi connectivity index (χ0) is 17.4. The van der Waals surface area contributed by atoms with Gasteiger partial charge >= 0.3 is 5.97 Å². The molecule has 25 heavy (non-hydrogen) atoms. The van der Waals surface area contributed by atoms with Crippen LogP contribution in [-0.4, -0.2) is 21.6 Å². The van der Waals surface area contributed by atoms with Gasteiger partial charge in [0.2, 0.25) is 0 Å². The van der Waals surface area contributed by atoms with Crippen LogP contribution in [0.4, 0.5) is 0 Å². The van der Waals surface area contributed by atoms with Crippen LogP contribution in [0.5, 0.6) is 0 Å². The number of hydrogen-bond acceptors (Lipinski definition) is 5. The van der Waals surface area contributed by atoms with Crippen LogP contribution in [0.1, 0.15) is 55.9 Å². The average Bonchev–Trinajstić information content (AvgIpc) is 2.96. The van der Waals surface area contributed by atoms with E-state index in [0.29, 0.717) is 5.92 Å². The summed E-state index contributed by atoms with van der Waals surface area (Å²) in [7, 11) is 0. The lowest BCUT2D eigenvalue weighted by molar-refractivity contribution is -0.152. The predicted molar refractivity (Wildman–Crippen MR) is 98.0 cm³/mol. The van der Waals surface area contributed by atoms with Gasteiger partial charge in [0, 0.05) is 4.88 Å². The highest BCUT2D eigenvalue weighted by Gasteiger charge is 2.24. The smallest absolute Gasteiger partial charge is 0.326 e. The molecule has 0 aliphatic heterocycles. The van der Waals surface area contributed by atoms with Crippen molar-refractivity contribution in [1.29, 1.82) is 0 Å². The fourth-order valence-corrected chi connectivity index (χ4v) is 5.36. The summed E-state index contributed by atoms with van der Waals surface area (Å²) in [5, 5.41) is 0.723. The van der Waals surface area contributed by atoms with E-state index in [9.17, 15) is 9.59 Å². The van der Waals surface area contributed by atoms with Gasteiger partial charge in [-0.15, -0.1) is 11.3 Å². The van der Waals surface area contributed by atoms with Crippen LogP contribution in [0.3, 0.4) is 0 Å². The van der Waals surface area contributed by atoms with Gasteiger partial charge in [-0.1, -0.05) is 13.3 Å². The molecule has 0 aromatic carbocycles. The lowest BCUT2D eigenvalue weighted by Crippen LogP contribution is -2.30. The highest BCUT2D eigenvalue weighted by molar-refractivity contribution is 7.18. The molecule has 2 aromatic rings. The molecule has 2 atom stereocenters. The molecule has 2 heterocycles. The first-order valence-corrected chi connectivity index (χ1v) is 10.1. The Kier molecular flexibility index (Phi) is 4.63. The molecule has 4 rings (SSSR count). The first-order chi connectivity index (χ1) is 12.1. The Labute approximate surface area is 151 Å². The number of rotatable bonds is 3. The Morgan fingerprint density at radius 3 is 3.00 bits per heavy atom. The van der Waals surface area contributed by atoms with Crippen molar-refractivity contribution in [2.45, 2.75) is 70.9 Å². The Morgan fingerprint density at radius 2 is 2.16 bits per heavy atom. The summed E-state index contributed by atoms with van der Waals surface area (Å²) in [5.74, 6) is 0.274. The zero-order valence-corrected chi connectivity index (χ0v) is 15.4. The largest absolute Gasteiger partial charge is 0.461 e. The van der Waals surface area contributed by atoms with Crippen molar-refractivity contribution in [2.24, 2.45) is 5.92 Å². The van der Waals surface area contributed by atoms with Gasteiger partial charge in [0.15, 0.2) is 0 Å². The van der Waals surface area contributed by atoms with Gasteiger partial charge in [0.25, 0.3) is 5.56 Å². The maximum atomic E-state index is 12.9. The Bertz CT molecular complexity index is 854. The number of ether oxygens (including phenoxy) is 1. The minimum absolute atomic E-state index is 0.00227. The summed E-state index contributed by atoms with van der Waals surface area (Å²) in [5.41, 5.74) is 1.06. The highest BCUT2D eigenvalue weighted by atomic mass is 32.1. The van der Waals surface area contributed by atoms with Crippen LogP contribution in [0.15, 0.2) is 11.1 Å². The van der Waals surface area contributed by atoms with E-state index in [4.69, 9.17) is 4.74 Å². The standard InChI is InChI=1S/C19H24N2O3S/c1-12-5-4-6-13(9-12)24-16(22)10-21-11-20-18-17(19(21)23)14-7-2-3-8-15(14)25-18/h11-13H,2-10H2,1H3. The molecule has 2 aromatic heterocycles. The van der Waals surface area contributed by atoms with E-state index in [2.05, 4.69) is 11.9 Å². The number of carbonyl (C=O) groups excluding carboxylic acids is 1. The number of aryl methyl sites for hydroxylation is 2. The third kappa shape index (κ3) is 3.36. The summed E-state index contributed by atoms with van der Waals surface area (Å²) in [6.45, 7) is 2.15. The molecular weight excluding hydrogens is 336 g/mol. The third-order valence-electron chi connectivity index (χ3n) is 5.43. The van der Waals surface area contributed by atoms with E-state index in [1.807, 2.05) is 0 Å². The second-order valence-electron chi connectivity index (χ2n) is 7.45. The zero-order valence-electron chi connectivity index (χ0n) is 14.6. The summed E-state index contributed by atoms with van der Waals surface area (Å²) in [6.07, 6.45) is 9.95. The van der Waals surface area contributed by atoms with E-state index in [-0.39, 0.29) is 24.2 Å². The molecule has 0 bridgehead atoms. The maximum Gasteiger partial charge on any atom is 0.326 e. The van der Waals surface area contributed by atoms with Crippen molar-refractivity contribution in [1.82, 2.24) is 9.55 Å². The van der Waals surface area contributed by atoms with Crippen LogP contribution in [0.2, 0.25) is 0 Å². The van der Waals surface area contributed by atoms with E-state index in [1.54, 1.807) is 11.3 Å². The molecule has 1 fully saturated rings. The van der Waals surface area contributed by atoms with Crippen LogP contribution in [0, 0.1) is 5.92 Å². The monoisotopic (exact) mass is 360 g/mol. The van der Waals surface area contributed by atoms with Gasteiger partial charge in [0.05, 0.1) is 11.7 Å². The summed E-state index contributed by atoms with van der Waals surface area (Å²) >= 11 is 1.63. The molecule has 1 saturated carbocycles. The molecule has 0 saturated heterocycles. The van der Waals surface area contributed by atoms with Crippen LogP contribution in [0.25, 0.3) is 10.2 Å². The maximum absolute atomic E-state index is 12.9. The summed E-state index contributed by atoms with van der Waals surface area (Å²) in [4.78, 5) is 31.7. The van der Waals surface area contributed by atoms with Crippen LogP contribution in [-0.2, 0) is 28.9 Å². The van der Waals surface area contributed by atoms with Crippen molar-refractivity contribution in [2.75, 3.05) is 0 Å². The molecule has 2 unspecified atom stereocenters. The first kappa shape index (κ1) is 16.8. The number of nitrogens with zero attached hydrogens (tertiary/aromatic N) is 2. The highest BCUT2D eigenvalue weighted by Crippen LogP contribution is 2.33. The van der Waals surface area contributed by atoms with Gasteiger partial charge < -0.3 is 4.74 Å². The van der Waals surface area contributed by atoms with Crippen molar-refractivity contribution in [3.8, 4) is 0 Å². The van der Waals surface area contributed by atoms with Crippen molar-refractivity contribution in [3.63, 3.8) is 0 Å². The number of thiophene rings is 1.